The third kappa shape index (κ3) is 5.83. The highest BCUT2D eigenvalue weighted by molar-refractivity contribution is 7.85. The summed E-state index contributed by atoms with van der Waals surface area (Å²) in [6.45, 7) is 6.00. The molecule has 0 aliphatic carbocycles. The Hall–Kier alpha value is -1.43. The van der Waals surface area contributed by atoms with E-state index in [2.05, 4.69) is 5.32 Å². The van der Waals surface area contributed by atoms with Gasteiger partial charge in [0.25, 0.3) is 0 Å². The summed E-state index contributed by atoms with van der Waals surface area (Å²) in [5.41, 5.74) is 6.01. The fourth-order valence-electron chi connectivity index (χ4n) is 1.72. The Morgan fingerprint density at radius 3 is 2.67 bits per heavy atom. The molecule has 4 nitrogen and oxygen atoms in total. The van der Waals surface area contributed by atoms with E-state index in [0.29, 0.717) is 23.8 Å². The molecular formula is C15H23FN2O2S. The number of rotatable bonds is 7. The van der Waals surface area contributed by atoms with Crippen molar-refractivity contribution in [2.45, 2.75) is 38.9 Å². The van der Waals surface area contributed by atoms with Crippen molar-refractivity contribution >= 4 is 28.1 Å². The van der Waals surface area contributed by atoms with Gasteiger partial charge in [0.2, 0.25) is 5.91 Å². The van der Waals surface area contributed by atoms with Crippen LogP contribution in [0.2, 0.25) is 0 Å². The molecule has 2 atom stereocenters. The maximum Gasteiger partial charge on any atom is 0.224 e. The molecule has 0 fully saturated rings. The van der Waals surface area contributed by atoms with Crippen LogP contribution >= 0.6 is 0 Å². The quantitative estimate of drug-likeness (QED) is 0.760. The van der Waals surface area contributed by atoms with Crippen molar-refractivity contribution < 1.29 is 13.4 Å². The largest absolute Gasteiger partial charge is 0.399 e. The zero-order chi connectivity index (χ0) is 16.0. The van der Waals surface area contributed by atoms with Gasteiger partial charge in [-0.3, -0.25) is 9.00 Å². The van der Waals surface area contributed by atoms with E-state index in [9.17, 15) is 13.4 Å². The molecule has 118 valence electrons. The number of carbonyl (C=O) groups is 1. The molecule has 0 heterocycles. The van der Waals surface area contributed by atoms with E-state index >= 15 is 0 Å². The minimum absolute atomic E-state index is 0.0803. The van der Waals surface area contributed by atoms with Crippen molar-refractivity contribution in [1.29, 1.82) is 0 Å². The fourth-order valence-corrected chi connectivity index (χ4v) is 3.12. The second-order valence-electron chi connectivity index (χ2n) is 5.43. The van der Waals surface area contributed by atoms with Crippen LogP contribution in [0.3, 0.4) is 0 Å². The minimum atomic E-state index is -0.940. The summed E-state index contributed by atoms with van der Waals surface area (Å²) in [6.07, 6.45) is 0.726. The first-order chi connectivity index (χ1) is 9.81. The maximum absolute atomic E-state index is 13.5. The summed E-state index contributed by atoms with van der Waals surface area (Å²) >= 11 is 0. The van der Waals surface area contributed by atoms with Gasteiger partial charge in [0.05, 0.1) is 5.69 Å². The molecule has 0 saturated heterocycles. The smallest absolute Gasteiger partial charge is 0.224 e. The molecule has 0 aromatic heterocycles. The lowest BCUT2D eigenvalue weighted by Gasteiger charge is -2.14. The van der Waals surface area contributed by atoms with Crippen LogP contribution in [0.15, 0.2) is 18.2 Å². The van der Waals surface area contributed by atoms with Crippen molar-refractivity contribution in [2.75, 3.05) is 16.8 Å². The van der Waals surface area contributed by atoms with E-state index < -0.39 is 16.6 Å². The monoisotopic (exact) mass is 314 g/mol. The Balaban J connectivity index is 2.41. The molecule has 0 spiro atoms. The van der Waals surface area contributed by atoms with Gasteiger partial charge >= 0.3 is 0 Å². The van der Waals surface area contributed by atoms with Crippen molar-refractivity contribution in [1.82, 2.24) is 0 Å². The average molecular weight is 314 g/mol. The van der Waals surface area contributed by atoms with Gasteiger partial charge in [0.15, 0.2) is 0 Å². The number of hydrogen-bond acceptors (Lipinski definition) is 3. The van der Waals surface area contributed by atoms with E-state index in [-0.39, 0.29) is 23.3 Å². The van der Waals surface area contributed by atoms with Crippen LogP contribution < -0.4 is 11.1 Å². The molecule has 1 aromatic rings. The van der Waals surface area contributed by atoms with Gasteiger partial charge in [-0.05, 0) is 30.5 Å². The highest BCUT2D eigenvalue weighted by Gasteiger charge is 2.15. The van der Waals surface area contributed by atoms with Gasteiger partial charge in [-0.15, -0.1) is 0 Å². The Morgan fingerprint density at radius 1 is 1.38 bits per heavy atom. The molecule has 0 radical (unpaired) electrons. The van der Waals surface area contributed by atoms with E-state index in [1.165, 1.54) is 18.2 Å². The zero-order valence-electron chi connectivity index (χ0n) is 12.7. The number of halogens is 1. The zero-order valence-corrected chi connectivity index (χ0v) is 13.5. The van der Waals surface area contributed by atoms with E-state index in [1.807, 2.05) is 20.8 Å². The van der Waals surface area contributed by atoms with E-state index in [4.69, 9.17) is 5.73 Å². The number of hydrogen-bond donors (Lipinski definition) is 2. The highest BCUT2D eigenvalue weighted by Crippen LogP contribution is 2.18. The summed E-state index contributed by atoms with van der Waals surface area (Å²) in [6, 6.07) is 4.03. The lowest BCUT2D eigenvalue weighted by molar-refractivity contribution is -0.116. The summed E-state index contributed by atoms with van der Waals surface area (Å²) in [4.78, 5) is 11.7. The molecule has 2 unspecified atom stereocenters. The van der Waals surface area contributed by atoms with Gasteiger partial charge in [-0.25, -0.2) is 4.39 Å². The van der Waals surface area contributed by atoms with Crippen molar-refractivity contribution in [2.24, 2.45) is 5.92 Å². The fraction of sp³-hybridized carbons (Fsp3) is 0.533. The van der Waals surface area contributed by atoms with Crippen molar-refractivity contribution in [3.8, 4) is 0 Å². The molecule has 0 bridgehead atoms. The van der Waals surface area contributed by atoms with Crippen LogP contribution in [0.25, 0.3) is 0 Å². The SMILES string of the molecule is CC(C)C(C)S(=O)CCCC(=O)Nc1cc(N)ccc1F. The van der Waals surface area contributed by atoms with Crippen LogP contribution in [0, 0.1) is 11.7 Å². The standard InChI is InChI=1S/C15H23FN2O2S/c1-10(2)11(3)21(20)8-4-5-15(19)18-14-9-12(17)6-7-13(14)16/h6-7,9-11H,4-5,8,17H2,1-3H3,(H,18,19). The molecule has 21 heavy (non-hydrogen) atoms. The lowest BCUT2D eigenvalue weighted by atomic mass is 10.2. The summed E-state index contributed by atoms with van der Waals surface area (Å²) < 4.78 is 25.4. The molecule has 0 saturated carbocycles. The van der Waals surface area contributed by atoms with Crippen molar-refractivity contribution in [3.05, 3.63) is 24.0 Å². The minimum Gasteiger partial charge on any atom is -0.399 e. The molecule has 1 rings (SSSR count). The Morgan fingerprint density at radius 2 is 2.05 bits per heavy atom. The van der Waals surface area contributed by atoms with Crippen LogP contribution in [-0.2, 0) is 15.6 Å². The van der Waals surface area contributed by atoms with Gasteiger partial charge < -0.3 is 11.1 Å². The summed E-state index contributed by atoms with van der Waals surface area (Å²) in [5, 5.41) is 2.59. The summed E-state index contributed by atoms with van der Waals surface area (Å²) in [7, 11) is -0.940. The predicted octanol–water partition coefficient (Wildman–Crippen LogP) is 2.92. The first-order valence-corrected chi connectivity index (χ1v) is 8.41. The first-order valence-electron chi connectivity index (χ1n) is 7.03. The first kappa shape index (κ1) is 17.6. The molecule has 1 amide bonds. The van der Waals surface area contributed by atoms with Crippen LogP contribution in [0.5, 0.6) is 0 Å². The van der Waals surface area contributed by atoms with Crippen LogP contribution in [0.1, 0.15) is 33.6 Å². The summed E-state index contributed by atoms with van der Waals surface area (Å²) in [5.74, 6) is 0.0101. The van der Waals surface area contributed by atoms with Gasteiger partial charge in [-0.2, -0.15) is 0 Å². The normalized spacial score (nSPS) is 14.0. The molecule has 0 aliphatic rings. The Bertz CT molecular complexity index is 520. The van der Waals surface area contributed by atoms with Gasteiger partial charge in [0, 0.05) is 33.9 Å². The van der Waals surface area contributed by atoms with Gasteiger partial charge in [0.1, 0.15) is 5.82 Å². The third-order valence-electron chi connectivity index (χ3n) is 3.37. The second-order valence-corrected chi connectivity index (χ2v) is 7.34. The Kier molecular flexibility index (Phi) is 6.81. The molecule has 6 heteroatoms. The number of amides is 1. The molecule has 1 aromatic carbocycles. The van der Waals surface area contributed by atoms with E-state index in [1.54, 1.807) is 0 Å². The Labute approximate surface area is 127 Å². The number of nitrogens with one attached hydrogen (secondary N) is 1. The van der Waals surface area contributed by atoms with Crippen LogP contribution in [-0.4, -0.2) is 21.1 Å². The number of carbonyl (C=O) groups excluding carboxylic acids is 1. The molecule has 0 aliphatic heterocycles. The van der Waals surface area contributed by atoms with Gasteiger partial charge in [-0.1, -0.05) is 20.8 Å². The molecular weight excluding hydrogens is 291 g/mol. The lowest BCUT2D eigenvalue weighted by Crippen LogP contribution is -2.21. The number of anilines is 2. The molecule has 3 N–H and O–H groups in total. The topological polar surface area (TPSA) is 72.2 Å². The van der Waals surface area contributed by atoms with E-state index in [0.717, 1.165) is 0 Å². The maximum atomic E-state index is 13.5. The van der Waals surface area contributed by atoms with Crippen LogP contribution in [0.4, 0.5) is 15.8 Å². The number of benzene rings is 1. The van der Waals surface area contributed by atoms with Crippen molar-refractivity contribution in [3.63, 3.8) is 0 Å². The third-order valence-corrected chi connectivity index (χ3v) is 5.43. The average Bonchev–Trinajstić information content (AvgIpc) is 2.41. The highest BCUT2D eigenvalue weighted by atomic mass is 32.2. The number of nitrogen functional groups attached to an aromatic ring is 1. The number of nitrogens with two attached hydrogens (primary N) is 1. The second kappa shape index (κ2) is 8.12. The predicted molar refractivity (Wildman–Crippen MR) is 86.0 cm³/mol.